The number of thiazole rings is 1. The highest BCUT2D eigenvalue weighted by molar-refractivity contribution is 7.14. The van der Waals surface area contributed by atoms with E-state index in [1.807, 2.05) is 5.38 Å². The van der Waals surface area contributed by atoms with Crippen molar-refractivity contribution in [2.24, 2.45) is 11.5 Å². The lowest BCUT2D eigenvalue weighted by atomic mass is 9.83. The van der Waals surface area contributed by atoms with Gasteiger partial charge in [0.25, 0.3) is 11.5 Å². The zero-order valence-electron chi connectivity index (χ0n) is 22.1. The molecule has 0 radical (unpaired) electrons. The quantitative estimate of drug-likeness (QED) is 0.275. The Morgan fingerprint density at radius 2 is 1.83 bits per heavy atom. The molecule has 220 valence electrons. The maximum absolute atomic E-state index is 13.5. The van der Waals surface area contributed by atoms with Gasteiger partial charge in [-0.05, 0) is 31.1 Å². The van der Waals surface area contributed by atoms with E-state index in [0.717, 1.165) is 30.7 Å². The summed E-state index contributed by atoms with van der Waals surface area (Å²) in [4.78, 5) is 71.4. The van der Waals surface area contributed by atoms with Crippen LogP contribution in [0.1, 0.15) is 53.2 Å². The highest BCUT2D eigenvalue weighted by Crippen LogP contribution is 2.37. The van der Waals surface area contributed by atoms with Crippen LogP contribution in [0, 0.1) is 0 Å². The molecule has 3 aromatic heterocycles. The first-order chi connectivity index (χ1) is 20.1. The van der Waals surface area contributed by atoms with Gasteiger partial charge in [0, 0.05) is 42.1 Å². The van der Waals surface area contributed by atoms with Crippen molar-refractivity contribution in [3.63, 3.8) is 0 Å². The van der Waals surface area contributed by atoms with Crippen LogP contribution in [0.3, 0.4) is 0 Å². The molecule has 1 saturated heterocycles. The Labute approximate surface area is 241 Å². The van der Waals surface area contributed by atoms with Crippen molar-refractivity contribution in [2.45, 2.75) is 43.8 Å². The Bertz CT molecular complexity index is 1650. The molecule has 2 unspecified atom stereocenters. The molecule has 3 amide bonds. The average molecular weight is 598 g/mol. The van der Waals surface area contributed by atoms with Crippen LogP contribution in [-0.2, 0) is 14.3 Å². The number of ether oxygens (including phenoxy) is 2. The normalized spacial score (nSPS) is 18.9. The van der Waals surface area contributed by atoms with Crippen LogP contribution in [-0.4, -0.2) is 68.8 Å². The van der Waals surface area contributed by atoms with Gasteiger partial charge >= 0.3 is 18.2 Å². The van der Waals surface area contributed by atoms with E-state index in [2.05, 4.69) is 15.3 Å². The molecular formula is C26H27N7O8S. The van der Waals surface area contributed by atoms with Gasteiger partial charge in [0.15, 0.2) is 11.2 Å². The van der Waals surface area contributed by atoms with Gasteiger partial charge in [0.1, 0.15) is 17.6 Å². The van der Waals surface area contributed by atoms with E-state index in [1.165, 1.54) is 40.5 Å². The van der Waals surface area contributed by atoms with Gasteiger partial charge in [-0.2, -0.15) is 0 Å². The molecule has 15 nitrogen and oxygen atoms in total. The number of hydrogen-bond acceptors (Lipinski definition) is 11. The number of aromatic nitrogens is 3. The van der Waals surface area contributed by atoms with Crippen LogP contribution in [0.4, 0.5) is 20.5 Å². The third kappa shape index (κ3) is 6.17. The molecule has 0 aromatic carbocycles. The molecule has 16 heteroatoms. The molecule has 0 spiro atoms. The number of carbonyl (C=O) groups is 4. The number of aliphatic carboxylic acids is 1. The molecule has 1 saturated carbocycles. The van der Waals surface area contributed by atoms with E-state index < -0.39 is 41.8 Å². The monoisotopic (exact) mass is 597 g/mol. The predicted molar refractivity (Wildman–Crippen MR) is 151 cm³/mol. The summed E-state index contributed by atoms with van der Waals surface area (Å²) in [6.45, 7) is 0.0611. The minimum absolute atomic E-state index is 0.0643. The Morgan fingerprint density at radius 3 is 2.50 bits per heavy atom. The fourth-order valence-electron chi connectivity index (χ4n) is 4.86. The molecule has 42 heavy (non-hydrogen) atoms. The maximum atomic E-state index is 13.5. The number of primary amides is 2. The molecule has 1 aliphatic carbocycles. The number of pyridine rings is 1. The molecule has 2 aliphatic rings. The summed E-state index contributed by atoms with van der Waals surface area (Å²) in [6.07, 6.45) is 2.59. The Hall–Kier alpha value is -4.99. The number of hydrogen-bond donors (Lipinski definition) is 4. The fourth-order valence-corrected chi connectivity index (χ4v) is 5.65. The SMILES string of the molecule is NC(=O)OC1CCN(c2nc3cc(C(=O)Nc4nc(C5CCC5)cs4)ccn3c(=O)c2C=CC(=O)O)CC1OC(N)=O. The van der Waals surface area contributed by atoms with Crippen LogP contribution in [0.25, 0.3) is 11.7 Å². The number of nitrogens with two attached hydrogens (primary N) is 2. The molecule has 4 heterocycles. The zero-order chi connectivity index (χ0) is 30.0. The number of carboxylic acid groups (broad SMARTS) is 1. The van der Waals surface area contributed by atoms with Crippen molar-refractivity contribution in [3.05, 3.63) is 57.0 Å². The first kappa shape index (κ1) is 28.5. The van der Waals surface area contributed by atoms with E-state index in [1.54, 1.807) is 4.90 Å². The number of amides is 3. The second-order valence-electron chi connectivity index (χ2n) is 9.81. The molecule has 6 N–H and O–H groups in total. The molecule has 2 atom stereocenters. The summed E-state index contributed by atoms with van der Waals surface area (Å²) < 4.78 is 11.4. The Balaban J connectivity index is 1.48. The van der Waals surface area contributed by atoms with Gasteiger partial charge in [0.2, 0.25) is 0 Å². The number of nitrogens with one attached hydrogen (secondary N) is 1. The number of carboxylic acids is 1. The van der Waals surface area contributed by atoms with Crippen molar-refractivity contribution < 1.29 is 33.8 Å². The van der Waals surface area contributed by atoms with Crippen molar-refractivity contribution in [1.82, 2.24) is 14.4 Å². The van der Waals surface area contributed by atoms with Crippen molar-refractivity contribution >= 4 is 58.1 Å². The molecule has 5 rings (SSSR count). The largest absolute Gasteiger partial charge is 0.478 e. The lowest BCUT2D eigenvalue weighted by Gasteiger charge is -2.37. The van der Waals surface area contributed by atoms with E-state index >= 15 is 0 Å². The Morgan fingerprint density at radius 1 is 1.10 bits per heavy atom. The number of carbonyl (C=O) groups excluding carboxylic acids is 3. The highest BCUT2D eigenvalue weighted by atomic mass is 32.1. The summed E-state index contributed by atoms with van der Waals surface area (Å²) >= 11 is 1.34. The standard InChI is InChI=1S/C26H27N7O8S/c27-24(38)40-17-7-8-32(11-18(17)41-25(28)39)21-15(4-5-20(34)35)23(37)33-9-6-14(10-19(33)30-21)22(36)31-26-29-16(12-42-26)13-2-1-3-13/h4-6,9-10,12-13,17-18H,1-3,7-8,11H2,(H2,27,38)(H2,28,39)(H,34,35)(H,29,31,36). The van der Waals surface area contributed by atoms with Crippen molar-refractivity contribution in [3.8, 4) is 0 Å². The minimum Gasteiger partial charge on any atom is -0.478 e. The summed E-state index contributed by atoms with van der Waals surface area (Å²) in [5, 5.41) is 14.4. The van der Waals surface area contributed by atoms with Crippen LogP contribution >= 0.6 is 11.3 Å². The van der Waals surface area contributed by atoms with Crippen LogP contribution < -0.4 is 27.2 Å². The fraction of sp³-hybridized carbons (Fsp3) is 0.346. The van der Waals surface area contributed by atoms with E-state index in [-0.39, 0.29) is 42.1 Å². The number of anilines is 2. The minimum atomic E-state index is -1.29. The molecule has 0 bridgehead atoms. The Kier molecular flexibility index (Phi) is 8.06. The van der Waals surface area contributed by atoms with E-state index in [0.29, 0.717) is 11.0 Å². The molecule has 3 aromatic rings. The second-order valence-corrected chi connectivity index (χ2v) is 10.7. The first-order valence-electron chi connectivity index (χ1n) is 13.0. The van der Waals surface area contributed by atoms with Crippen molar-refractivity contribution in [2.75, 3.05) is 23.3 Å². The van der Waals surface area contributed by atoms with Gasteiger partial charge in [-0.25, -0.2) is 24.4 Å². The second kappa shape index (κ2) is 11.9. The lowest BCUT2D eigenvalue weighted by Crippen LogP contribution is -2.52. The van der Waals surface area contributed by atoms with Gasteiger partial charge in [-0.1, -0.05) is 6.42 Å². The van der Waals surface area contributed by atoms with Crippen LogP contribution in [0.2, 0.25) is 0 Å². The van der Waals surface area contributed by atoms with Crippen molar-refractivity contribution in [1.29, 1.82) is 0 Å². The lowest BCUT2D eigenvalue weighted by molar-refractivity contribution is -0.131. The summed E-state index contributed by atoms with van der Waals surface area (Å²) in [7, 11) is 0. The topological polar surface area (TPSA) is 222 Å². The van der Waals surface area contributed by atoms with Gasteiger partial charge in [0.05, 0.1) is 17.8 Å². The van der Waals surface area contributed by atoms with E-state index in [4.69, 9.17) is 20.9 Å². The van der Waals surface area contributed by atoms with Gasteiger partial charge in [-0.3, -0.25) is 19.3 Å². The number of nitrogens with zero attached hydrogens (tertiary/aromatic N) is 4. The first-order valence-corrected chi connectivity index (χ1v) is 13.9. The van der Waals surface area contributed by atoms with E-state index in [9.17, 15) is 29.1 Å². The summed E-state index contributed by atoms with van der Waals surface area (Å²) in [5.41, 5.74) is 11.0. The predicted octanol–water partition coefficient (Wildman–Crippen LogP) is 1.91. The average Bonchev–Trinajstić information content (AvgIpc) is 3.34. The third-order valence-electron chi connectivity index (χ3n) is 7.10. The van der Waals surface area contributed by atoms with Crippen LogP contribution in [0.5, 0.6) is 0 Å². The number of rotatable bonds is 8. The van der Waals surface area contributed by atoms with Gasteiger partial charge < -0.3 is 30.9 Å². The van der Waals surface area contributed by atoms with Gasteiger partial charge in [-0.15, -0.1) is 11.3 Å². The maximum Gasteiger partial charge on any atom is 0.404 e. The zero-order valence-corrected chi connectivity index (χ0v) is 22.9. The third-order valence-corrected chi connectivity index (χ3v) is 7.87. The highest BCUT2D eigenvalue weighted by Gasteiger charge is 2.36. The molecular weight excluding hydrogens is 570 g/mol. The summed E-state index contributed by atoms with van der Waals surface area (Å²) in [5.74, 6) is -1.25. The number of fused-ring (bicyclic) bond motifs is 1. The van der Waals surface area contributed by atoms with Crippen LogP contribution in [0.15, 0.2) is 34.6 Å². The number of piperidine rings is 1. The molecule has 2 fully saturated rings. The summed E-state index contributed by atoms with van der Waals surface area (Å²) in [6, 6.07) is 2.87. The molecule has 1 aliphatic heterocycles. The smallest absolute Gasteiger partial charge is 0.404 e.